The van der Waals surface area contributed by atoms with Gasteiger partial charge in [0.15, 0.2) is 0 Å². The third-order valence-electron chi connectivity index (χ3n) is 5.52. The molecule has 0 atom stereocenters. The minimum atomic E-state index is -0.167. The van der Waals surface area contributed by atoms with Gasteiger partial charge in [0.2, 0.25) is 0 Å². The van der Waals surface area contributed by atoms with E-state index < -0.39 is 0 Å². The summed E-state index contributed by atoms with van der Waals surface area (Å²) in [7, 11) is 0. The standard InChI is InChI=1S/C22H24N4O2/c1-14-9-15(2)20-16(10-14)11-17(21(27)25-20)13-26(18-5-3-4-6-18)22(28)19-12-23-7-8-24-19/h7-12,18H,3-6,13H2,1-2H3,(H,25,27). The molecule has 4 rings (SSSR count). The molecule has 3 aromatic rings. The molecule has 0 saturated heterocycles. The Morgan fingerprint density at radius 1 is 1.18 bits per heavy atom. The average molecular weight is 376 g/mol. The number of benzene rings is 1. The number of aromatic amines is 1. The van der Waals surface area contributed by atoms with Crippen molar-refractivity contribution in [2.45, 2.75) is 52.1 Å². The van der Waals surface area contributed by atoms with Crippen LogP contribution in [0.2, 0.25) is 0 Å². The molecule has 2 heterocycles. The summed E-state index contributed by atoms with van der Waals surface area (Å²) in [6.45, 7) is 4.31. The fourth-order valence-electron chi connectivity index (χ4n) is 4.17. The molecule has 1 saturated carbocycles. The van der Waals surface area contributed by atoms with Crippen molar-refractivity contribution in [2.24, 2.45) is 0 Å². The Morgan fingerprint density at radius 3 is 2.68 bits per heavy atom. The lowest BCUT2D eigenvalue weighted by molar-refractivity contribution is 0.0657. The first-order chi connectivity index (χ1) is 13.5. The van der Waals surface area contributed by atoms with Gasteiger partial charge in [-0.25, -0.2) is 4.98 Å². The number of amides is 1. The topological polar surface area (TPSA) is 79.0 Å². The molecule has 144 valence electrons. The zero-order valence-electron chi connectivity index (χ0n) is 16.2. The molecule has 1 fully saturated rings. The lowest BCUT2D eigenvalue weighted by Crippen LogP contribution is -2.40. The number of fused-ring (bicyclic) bond motifs is 1. The molecule has 0 aliphatic heterocycles. The summed E-state index contributed by atoms with van der Waals surface area (Å²) in [5, 5.41) is 0.991. The van der Waals surface area contributed by atoms with Gasteiger partial charge in [-0.05, 0) is 49.8 Å². The van der Waals surface area contributed by atoms with Crippen LogP contribution in [0.3, 0.4) is 0 Å². The summed E-state index contributed by atoms with van der Waals surface area (Å²) in [5.74, 6) is -0.167. The molecule has 1 N–H and O–H groups in total. The van der Waals surface area contributed by atoms with Gasteiger partial charge in [-0.1, -0.05) is 24.5 Å². The molecule has 1 aromatic carbocycles. The summed E-state index contributed by atoms with van der Waals surface area (Å²) in [4.78, 5) is 38.9. The molecular formula is C22H24N4O2. The minimum Gasteiger partial charge on any atom is -0.330 e. The van der Waals surface area contributed by atoms with Crippen LogP contribution in [0.4, 0.5) is 0 Å². The summed E-state index contributed by atoms with van der Waals surface area (Å²) in [6.07, 6.45) is 8.67. The zero-order chi connectivity index (χ0) is 19.7. The van der Waals surface area contributed by atoms with Gasteiger partial charge in [-0.15, -0.1) is 0 Å². The fraction of sp³-hybridized carbons (Fsp3) is 0.364. The number of aryl methyl sites for hydroxylation is 2. The van der Waals surface area contributed by atoms with Crippen LogP contribution in [0.1, 0.15) is 52.9 Å². The molecule has 0 radical (unpaired) electrons. The van der Waals surface area contributed by atoms with Crippen LogP contribution < -0.4 is 5.56 Å². The second-order valence-corrected chi connectivity index (χ2v) is 7.63. The number of rotatable bonds is 4. The molecule has 6 nitrogen and oxygen atoms in total. The van der Waals surface area contributed by atoms with Crippen LogP contribution >= 0.6 is 0 Å². The predicted molar refractivity (Wildman–Crippen MR) is 108 cm³/mol. The van der Waals surface area contributed by atoms with E-state index in [4.69, 9.17) is 0 Å². The van der Waals surface area contributed by atoms with E-state index in [0.29, 0.717) is 11.3 Å². The third-order valence-corrected chi connectivity index (χ3v) is 5.52. The maximum atomic E-state index is 13.1. The van der Waals surface area contributed by atoms with Crippen molar-refractivity contribution in [2.75, 3.05) is 0 Å². The van der Waals surface area contributed by atoms with Gasteiger partial charge in [0.1, 0.15) is 5.69 Å². The SMILES string of the molecule is Cc1cc(C)c2[nH]c(=O)c(CN(C(=O)c3cnccn3)C3CCCC3)cc2c1. The van der Waals surface area contributed by atoms with E-state index in [1.54, 1.807) is 11.1 Å². The first-order valence-corrected chi connectivity index (χ1v) is 9.73. The highest BCUT2D eigenvalue weighted by Crippen LogP contribution is 2.26. The first kappa shape index (κ1) is 18.3. The van der Waals surface area contributed by atoms with Crippen molar-refractivity contribution >= 4 is 16.8 Å². The number of hydrogen-bond donors (Lipinski definition) is 1. The molecule has 2 aromatic heterocycles. The summed E-state index contributed by atoms with van der Waals surface area (Å²) in [5.41, 5.74) is 3.81. The minimum absolute atomic E-state index is 0.129. The number of nitrogens with one attached hydrogen (secondary N) is 1. The average Bonchev–Trinajstić information content (AvgIpc) is 3.21. The van der Waals surface area contributed by atoms with E-state index in [1.807, 2.05) is 19.9 Å². The molecular weight excluding hydrogens is 352 g/mol. The number of pyridine rings is 1. The number of carbonyl (C=O) groups excluding carboxylic acids is 1. The van der Waals surface area contributed by atoms with Crippen molar-refractivity contribution in [1.82, 2.24) is 19.9 Å². The highest BCUT2D eigenvalue weighted by molar-refractivity contribution is 5.92. The number of H-pyrrole nitrogens is 1. The van der Waals surface area contributed by atoms with Gasteiger partial charge in [-0.2, -0.15) is 0 Å². The maximum Gasteiger partial charge on any atom is 0.274 e. The molecule has 0 spiro atoms. The highest BCUT2D eigenvalue weighted by Gasteiger charge is 2.29. The van der Waals surface area contributed by atoms with E-state index in [0.717, 1.165) is 47.7 Å². The van der Waals surface area contributed by atoms with E-state index in [1.165, 1.54) is 12.4 Å². The molecule has 0 unspecified atom stereocenters. The Bertz CT molecular complexity index is 1070. The molecule has 1 aliphatic rings. The van der Waals surface area contributed by atoms with Crippen LogP contribution in [-0.4, -0.2) is 31.8 Å². The normalized spacial score (nSPS) is 14.5. The summed E-state index contributed by atoms with van der Waals surface area (Å²) >= 11 is 0. The van der Waals surface area contributed by atoms with Gasteiger partial charge in [-0.3, -0.25) is 14.6 Å². The molecule has 1 aliphatic carbocycles. The second kappa shape index (κ2) is 7.54. The number of aromatic nitrogens is 3. The molecule has 0 bridgehead atoms. The Morgan fingerprint density at radius 2 is 1.96 bits per heavy atom. The van der Waals surface area contributed by atoms with Gasteiger partial charge in [0.25, 0.3) is 11.5 Å². The van der Waals surface area contributed by atoms with Crippen LogP contribution in [0.25, 0.3) is 10.9 Å². The van der Waals surface area contributed by atoms with E-state index in [2.05, 4.69) is 27.1 Å². The molecule has 6 heteroatoms. The number of hydrogen-bond acceptors (Lipinski definition) is 4. The van der Waals surface area contributed by atoms with Gasteiger partial charge >= 0.3 is 0 Å². The monoisotopic (exact) mass is 376 g/mol. The third kappa shape index (κ3) is 3.54. The van der Waals surface area contributed by atoms with Gasteiger partial charge in [0, 0.05) is 24.0 Å². The maximum absolute atomic E-state index is 13.1. The van der Waals surface area contributed by atoms with Crippen LogP contribution in [0.5, 0.6) is 0 Å². The first-order valence-electron chi connectivity index (χ1n) is 9.73. The lowest BCUT2D eigenvalue weighted by Gasteiger charge is -2.28. The van der Waals surface area contributed by atoms with Crippen molar-refractivity contribution in [1.29, 1.82) is 0 Å². The van der Waals surface area contributed by atoms with Crippen molar-refractivity contribution in [3.63, 3.8) is 0 Å². The molecule has 28 heavy (non-hydrogen) atoms. The summed E-state index contributed by atoms with van der Waals surface area (Å²) < 4.78 is 0. The van der Waals surface area contributed by atoms with Gasteiger partial charge < -0.3 is 9.88 Å². The summed E-state index contributed by atoms with van der Waals surface area (Å²) in [6, 6.07) is 6.16. The number of carbonyl (C=O) groups is 1. The van der Waals surface area contributed by atoms with Crippen molar-refractivity contribution in [3.05, 3.63) is 69.5 Å². The predicted octanol–water partition coefficient (Wildman–Crippen LogP) is 3.52. The molecule has 1 amide bonds. The zero-order valence-corrected chi connectivity index (χ0v) is 16.2. The Hall–Kier alpha value is -3.02. The van der Waals surface area contributed by atoms with Crippen LogP contribution in [0, 0.1) is 13.8 Å². The second-order valence-electron chi connectivity index (χ2n) is 7.63. The van der Waals surface area contributed by atoms with Gasteiger partial charge in [0.05, 0.1) is 18.3 Å². The Balaban J connectivity index is 1.73. The van der Waals surface area contributed by atoms with E-state index >= 15 is 0 Å². The largest absolute Gasteiger partial charge is 0.330 e. The Labute approximate surface area is 163 Å². The van der Waals surface area contributed by atoms with Crippen molar-refractivity contribution in [3.8, 4) is 0 Å². The smallest absolute Gasteiger partial charge is 0.274 e. The Kier molecular flexibility index (Phi) is 4.94. The quantitative estimate of drug-likeness (QED) is 0.756. The fourth-order valence-corrected chi connectivity index (χ4v) is 4.17. The van der Waals surface area contributed by atoms with Crippen LogP contribution in [0.15, 0.2) is 41.6 Å². The van der Waals surface area contributed by atoms with E-state index in [9.17, 15) is 9.59 Å². The van der Waals surface area contributed by atoms with Crippen LogP contribution in [-0.2, 0) is 6.54 Å². The van der Waals surface area contributed by atoms with Crippen molar-refractivity contribution < 1.29 is 4.79 Å². The highest BCUT2D eigenvalue weighted by atomic mass is 16.2. The number of nitrogens with zero attached hydrogens (tertiary/aromatic N) is 3. The van der Waals surface area contributed by atoms with E-state index in [-0.39, 0.29) is 24.1 Å². The lowest BCUT2D eigenvalue weighted by atomic mass is 10.0.